The van der Waals surface area contributed by atoms with E-state index in [0.717, 1.165) is 12.5 Å². The molecule has 0 spiro atoms. The van der Waals surface area contributed by atoms with Gasteiger partial charge in [-0.1, -0.05) is 26.0 Å². The van der Waals surface area contributed by atoms with Crippen molar-refractivity contribution < 1.29 is 18.7 Å². The first-order valence-corrected chi connectivity index (χ1v) is 8.46. The van der Waals surface area contributed by atoms with Crippen LogP contribution in [0.2, 0.25) is 0 Å². The van der Waals surface area contributed by atoms with Gasteiger partial charge in [0.1, 0.15) is 5.82 Å². The first-order chi connectivity index (χ1) is 12.4. The Labute approximate surface area is 152 Å². The summed E-state index contributed by atoms with van der Waals surface area (Å²) in [5.74, 6) is -1.21. The average Bonchev–Trinajstić information content (AvgIpc) is 2.66. The van der Waals surface area contributed by atoms with Gasteiger partial charge in [-0.3, -0.25) is 4.79 Å². The van der Waals surface area contributed by atoms with Crippen molar-refractivity contribution in [1.29, 1.82) is 0 Å². The van der Waals surface area contributed by atoms with Gasteiger partial charge in [0.15, 0.2) is 0 Å². The van der Waals surface area contributed by atoms with E-state index in [1.165, 1.54) is 24.8 Å². The van der Waals surface area contributed by atoms with Crippen LogP contribution in [0, 0.1) is 5.82 Å². The van der Waals surface area contributed by atoms with Crippen LogP contribution in [0.25, 0.3) is 0 Å². The Hall–Kier alpha value is -2.89. The minimum Gasteiger partial charge on any atom is -0.465 e. The summed E-state index contributed by atoms with van der Waals surface area (Å²) in [5.41, 5.74) is 2.20. The number of anilines is 2. The van der Waals surface area contributed by atoms with E-state index in [1.54, 1.807) is 0 Å². The molecule has 6 heteroatoms. The first-order valence-electron chi connectivity index (χ1n) is 8.46. The van der Waals surface area contributed by atoms with Crippen molar-refractivity contribution in [3.8, 4) is 0 Å². The lowest BCUT2D eigenvalue weighted by Crippen LogP contribution is -2.22. The van der Waals surface area contributed by atoms with Gasteiger partial charge in [0.2, 0.25) is 5.91 Å². The van der Waals surface area contributed by atoms with Crippen molar-refractivity contribution in [2.45, 2.75) is 26.2 Å². The number of halogens is 1. The molecule has 0 bridgehead atoms. The van der Waals surface area contributed by atoms with Crippen LogP contribution in [0.3, 0.4) is 0 Å². The van der Waals surface area contributed by atoms with Crippen molar-refractivity contribution in [1.82, 2.24) is 0 Å². The van der Waals surface area contributed by atoms with Crippen molar-refractivity contribution in [3.63, 3.8) is 0 Å². The van der Waals surface area contributed by atoms with Gasteiger partial charge in [-0.15, -0.1) is 0 Å². The molecule has 0 saturated carbocycles. The molecule has 5 nitrogen and oxygen atoms in total. The van der Waals surface area contributed by atoms with Crippen molar-refractivity contribution in [2.75, 3.05) is 24.3 Å². The van der Waals surface area contributed by atoms with E-state index in [4.69, 9.17) is 0 Å². The fourth-order valence-corrected chi connectivity index (χ4v) is 2.42. The minimum absolute atomic E-state index is 0.0145. The topological polar surface area (TPSA) is 67.4 Å². The lowest BCUT2D eigenvalue weighted by molar-refractivity contribution is -0.114. The molecule has 0 saturated heterocycles. The SMILES string of the molecule is CC[C@H](C)c1ccc(NC(=O)CNc2ccc(F)c(C(=O)OC)c2)cc1. The number of hydrogen-bond acceptors (Lipinski definition) is 4. The lowest BCUT2D eigenvalue weighted by Gasteiger charge is -2.11. The molecule has 2 aromatic rings. The molecule has 0 heterocycles. The molecule has 0 fully saturated rings. The van der Waals surface area contributed by atoms with Crippen molar-refractivity contribution in [3.05, 3.63) is 59.4 Å². The molecule has 0 radical (unpaired) electrons. The zero-order valence-electron chi connectivity index (χ0n) is 15.1. The summed E-state index contributed by atoms with van der Waals surface area (Å²) in [5, 5.41) is 5.65. The van der Waals surface area contributed by atoms with E-state index >= 15 is 0 Å². The van der Waals surface area contributed by atoms with Gasteiger partial charge in [0, 0.05) is 11.4 Å². The highest BCUT2D eigenvalue weighted by Gasteiger charge is 2.13. The van der Waals surface area contributed by atoms with Crippen LogP contribution < -0.4 is 10.6 Å². The van der Waals surface area contributed by atoms with E-state index in [9.17, 15) is 14.0 Å². The number of rotatable bonds is 7. The normalized spacial score (nSPS) is 11.5. The number of amides is 1. The molecule has 0 unspecified atom stereocenters. The molecule has 26 heavy (non-hydrogen) atoms. The molecule has 0 aromatic heterocycles. The Morgan fingerprint density at radius 2 is 1.77 bits per heavy atom. The Bertz CT molecular complexity index is 775. The molecule has 138 valence electrons. The maximum Gasteiger partial charge on any atom is 0.340 e. The molecule has 2 aromatic carbocycles. The molecule has 1 atom stereocenters. The number of carbonyl (C=O) groups is 2. The number of benzene rings is 2. The van der Waals surface area contributed by atoms with Crippen LogP contribution in [0.1, 0.15) is 42.1 Å². The molecule has 0 aliphatic heterocycles. The monoisotopic (exact) mass is 358 g/mol. The minimum atomic E-state index is -0.767. The molecular weight excluding hydrogens is 335 g/mol. The van der Waals surface area contributed by atoms with Gasteiger partial charge in [-0.05, 0) is 48.2 Å². The second kappa shape index (κ2) is 8.99. The summed E-state index contributed by atoms with van der Waals surface area (Å²) >= 11 is 0. The Morgan fingerprint density at radius 1 is 1.12 bits per heavy atom. The molecule has 0 aliphatic carbocycles. The number of esters is 1. The third kappa shape index (κ3) is 5.05. The van der Waals surface area contributed by atoms with Crippen LogP contribution in [0.5, 0.6) is 0 Å². The Kier molecular flexibility index (Phi) is 6.72. The number of carbonyl (C=O) groups excluding carboxylic acids is 2. The highest BCUT2D eigenvalue weighted by Crippen LogP contribution is 2.20. The number of hydrogen-bond donors (Lipinski definition) is 2. The fraction of sp³-hybridized carbons (Fsp3) is 0.300. The molecule has 0 aliphatic rings. The first kappa shape index (κ1) is 19.4. The molecule has 2 N–H and O–H groups in total. The number of methoxy groups -OCH3 is 1. The standard InChI is InChI=1S/C20H23FN2O3/c1-4-13(2)14-5-7-15(8-6-14)23-19(24)12-22-16-9-10-18(21)17(11-16)20(25)26-3/h5-11,13,22H,4,12H2,1-3H3,(H,23,24)/t13-/m0/s1. The van der Waals surface area contributed by atoms with Crippen LogP contribution in [0.15, 0.2) is 42.5 Å². The second-order valence-corrected chi connectivity index (χ2v) is 6.02. The zero-order valence-corrected chi connectivity index (χ0v) is 15.1. The van der Waals surface area contributed by atoms with E-state index in [1.807, 2.05) is 24.3 Å². The average molecular weight is 358 g/mol. The molecular formula is C20H23FN2O3. The summed E-state index contributed by atoms with van der Waals surface area (Å²) in [6.07, 6.45) is 1.06. The van der Waals surface area contributed by atoms with Crippen LogP contribution in [0.4, 0.5) is 15.8 Å². The van der Waals surface area contributed by atoms with Gasteiger partial charge in [0.25, 0.3) is 0 Å². The second-order valence-electron chi connectivity index (χ2n) is 6.02. The maximum atomic E-state index is 13.6. The zero-order chi connectivity index (χ0) is 19.1. The summed E-state index contributed by atoms with van der Waals surface area (Å²) in [4.78, 5) is 23.6. The summed E-state index contributed by atoms with van der Waals surface area (Å²) < 4.78 is 18.1. The van der Waals surface area contributed by atoms with Crippen LogP contribution in [-0.2, 0) is 9.53 Å². The lowest BCUT2D eigenvalue weighted by atomic mass is 9.99. The van der Waals surface area contributed by atoms with E-state index in [0.29, 0.717) is 17.3 Å². The van der Waals surface area contributed by atoms with Gasteiger partial charge < -0.3 is 15.4 Å². The van der Waals surface area contributed by atoms with Crippen molar-refractivity contribution >= 4 is 23.3 Å². The van der Waals surface area contributed by atoms with Crippen LogP contribution in [-0.4, -0.2) is 25.5 Å². The Balaban J connectivity index is 1.93. The highest BCUT2D eigenvalue weighted by molar-refractivity contribution is 5.94. The van der Waals surface area contributed by atoms with Crippen molar-refractivity contribution in [2.24, 2.45) is 0 Å². The van der Waals surface area contributed by atoms with E-state index in [2.05, 4.69) is 29.2 Å². The summed E-state index contributed by atoms with van der Waals surface area (Å²) in [7, 11) is 1.18. The molecule has 2 rings (SSSR count). The third-order valence-electron chi connectivity index (χ3n) is 4.20. The maximum absolute atomic E-state index is 13.6. The van der Waals surface area contributed by atoms with Gasteiger partial charge in [-0.25, -0.2) is 9.18 Å². The quantitative estimate of drug-likeness (QED) is 0.729. The fourth-order valence-electron chi connectivity index (χ4n) is 2.42. The van der Waals surface area contributed by atoms with Gasteiger partial charge >= 0.3 is 5.97 Å². The number of ether oxygens (including phenoxy) is 1. The predicted octanol–water partition coefficient (Wildman–Crippen LogP) is 4.18. The van der Waals surface area contributed by atoms with E-state index < -0.39 is 11.8 Å². The third-order valence-corrected chi connectivity index (χ3v) is 4.20. The highest BCUT2D eigenvalue weighted by atomic mass is 19.1. The molecule has 1 amide bonds. The smallest absolute Gasteiger partial charge is 0.340 e. The summed E-state index contributed by atoms with van der Waals surface area (Å²) in [6, 6.07) is 11.7. The van der Waals surface area contributed by atoms with Gasteiger partial charge in [-0.2, -0.15) is 0 Å². The van der Waals surface area contributed by atoms with E-state index in [-0.39, 0.29) is 18.0 Å². The van der Waals surface area contributed by atoms with Gasteiger partial charge in [0.05, 0.1) is 19.2 Å². The summed E-state index contributed by atoms with van der Waals surface area (Å²) in [6.45, 7) is 4.27. The Morgan fingerprint density at radius 3 is 2.38 bits per heavy atom. The number of nitrogens with one attached hydrogen (secondary N) is 2. The van der Waals surface area contributed by atoms with Crippen LogP contribution >= 0.6 is 0 Å². The predicted molar refractivity (Wildman–Crippen MR) is 100 cm³/mol. The largest absolute Gasteiger partial charge is 0.465 e.